The molecule has 3 aliphatic heterocycles. The number of hydrogen-bond donors (Lipinski definition) is 4. The van der Waals surface area contributed by atoms with Gasteiger partial charge in [0.1, 0.15) is 5.54 Å². The van der Waals surface area contributed by atoms with Gasteiger partial charge in [0, 0.05) is 49.8 Å². The van der Waals surface area contributed by atoms with Gasteiger partial charge in [-0.1, -0.05) is 91.9 Å². The SMILES string of the molecule is C[C@H]1[C@@H](CN2CCC3(CC2)C(=O)NCN3c2ccccc2)O[C@@H](c2ccc(-c3cccc(CNC(=O)CCC(=O)O)c3)cc2)O[C@H]1c1ccc(CO)cc1. The average Bonchev–Trinajstić information content (AvgIpc) is 3.52. The summed E-state index contributed by atoms with van der Waals surface area (Å²) in [5.41, 5.74) is 6.16. The van der Waals surface area contributed by atoms with Crippen molar-refractivity contribution < 1.29 is 34.1 Å². The number of carbonyl (C=O) groups excluding carboxylic acids is 2. The van der Waals surface area contributed by atoms with E-state index in [0.717, 1.165) is 65.0 Å². The lowest BCUT2D eigenvalue weighted by Crippen LogP contribution is -2.57. The van der Waals surface area contributed by atoms with E-state index < -0.39 is 17.8 Å². The van der Waals surface area contributed by atoms with Gasteiger partial charge in [-0.05, 0) is 58.9 Å². The summed E-state index contributed by atoms with van der Waals surface area (Å²) in [6, 6.07) is 34.1. The zero-order valence-electron chi connectivity index (χ0n) is 30.5. The topological polar surface area (TPSA) is 141 Å². The summed E-state index contributed by atoms with van der Waals surface area (Å²) < 4.78 is 13.5. The summed E-state index contributed by atoms with van der Waals surface area (Å²) in [6.07, 6.45) is 0.192. The van der Waals surface area contributed by atoms with E-state index >= 15 is 0 Å². The normalized spacial score (nSPS) is 22.6. The number of carboxylic acid groups (broad SMARTS) is 1. The van der Waals surface area contributed by atoms with Crippen molar-refractivity contribution in [2.75, 3.05) is 31.2 Å². The third kappa shape index (κ3) is 8.19. The number of aliphatic carboxylic acids is 1. The molecule has 11 nitrogen and oxygen atoms in total. The summed E-state index contributed by atoms with van der Waals surface area (Å²) in [4.78, 5) is 40.8. The summed E-state index contributed by atoms with van der Waals surface area (Å²) >= 11 is 0. The molecule has 0 radical (unpaired) electrons. The Kier molecular flexibility index (Phi) is 11.4. The van der Waals surface area contributed by atoms with Gasteiger partial charge >= 0.3 is 5.97 Å². The largest absolute Gasteiger partial charge is 0.481 e. The molecule has 2 amide bonds. The van der Waals surface area contributed by atoms with E-state index in [-0.39, 0.29) is 49.4 Å². The molecule has 282 valence electrons. The molecule has 0 aliphatic carbocycles. The highest BCUT2D eigenvalue weighted by Crippen LogP contribution is 2.43. The molecule has 3 saturated heterocycles. The fourth-order valence-electron chi connectivity index (χ4n) is 7.92. The van der Waals surface area contributed by atoms with Gasteiger partial charge in [0.05, 0.1) is 31.9 Å². The number of carboxylic acids is 1. The third-order valence-corrected chi connectivity index (χ3v) is 11.1. The monoisotopic (exact) mass is 732 g/mol. The molecule has 4 atom stereocenters. The van der Waals surface area contributed by atoms with Gasteiger partial charge in [-0.15, -0.1) is 0 Å². The molecule has 11 heteroatoms. The quantitative estimate of drug-likeness (QED) is 0.148. The Morgan fingerprint density at radius 1 is 0.852 bits per heavy atom. The van der Waals surface area contributed by atoms with Crippen LogP contribution in [-0.4, -0.2) is 70.8 Å². The van der Waals surface area contributed by atoms with E-state index in [1.54, 1.807) is 0 Å². The van der Waals surface area contributed by atoms with Gasteiger partial charge in [-0.3, -0.25) is 14.4 Å². The van der Waals surface area contributed by atoms with Crippen LogP contribution in [0.5, 0.6) is 0 Å². The minimum absolute atomic E-state index is 0.0252. The smallest absolute Gasteiger partial charge is 0.303 e. The van der Waals surface area contributed by atoms with Crippen molar-refractivity contribution in [2.45, 2.75) is 69.8 Å². The first-order chi connectivity index (χ1) is 26.2. The second-order valence-corrected chi connectivity index (χ2v) is 14.6. The number of likely N-dealkylation sites (tertiary alicyclic amines) is 1. The van der Waals surface area contributed by atoms with Gasteiger partial charge in [0.25, 0.3) is 0 Å². The van der Waals surface area contributed by atoms with E-state index in [9.17, 15) is 19.5 Å². The first kappa shape index (κ1) is 37.3. The van der Waals surface area contributed by atoms with Crippen molar-refractivity contribution >= 4 is 23.5 Å². The lowest BCUT2D eigenvalue weighted by Gasteiger charge is -2.46. The number of benzene rings is 4. The van der Waals surface area contributed by atoms with E-state index in [2.05, 4.69) is 39.5 Å². The Morgan fingerprint density at radius 3 is 2.28 bits per heavy atom. The Labute approximate surface area is 315 Å². The van der Waals surface area contributed by atoms with Crippen LogP contribution < -0.4 is 15.5 Å². The fourth-order valence-corrected chi connectivity index (χ4v) is 7.92. The molecule has 3 heterocycles. The Morgan fingerprint density at radius 2 is 1.57 bits per heavy atom. The molecule has 0 unspecified atom stereocenters. The van der Waals surface area contributed by atoms with Gasteiger partial charge in [-0.2, -0.15) is 0 Å². The van der Waals surface area contributed by atoms with Crippen molar-refractivity contribution in [3.63, 3.8) is 0 Å². The molecule has 0 saturated carbocycles. The first-order valence-electron chi connectivity index (χ1n) is 18.7. The maximum absolute atomic E-state index is 13.3. The van der Waals surface area contributed by atoms with Crippen LogP contribution in [0, 0.1) is 5.92 Å². The Bertz CT molecular complexity index is 1910. The minimum Gasteiger partial charge on any atom is -0.481 e. The molecule has 1 spiro atoms. The van der Waals surface area contributed by atoms with Crippen molar-refractivity contribution in [2.24, 2.45) is 5.92 Å². The predicted molar refractivity (Wildman–Crippen MR) is 204 cm³/mol. The van der Waals surface area contributed by atoms with E-state index in [0.29, 0.717) is 19.8 Å². The van der Waals surface area contributed by atoms with Gasteiger partial charge < -0.3 is 40.1 Å². The Hall–Kier alpha value is -5.07. The molecule has 4 N–H and O–H groups in total. The van der Waals surface area contributed by atoms with Crippen LogP contribution in [0.25, 0.3) is 11.1 Å². The molecule has 0 aromatic heterocycles. The molecular formula is C43H48N4O7. The van der Waals surface area contributed by atoms with Gasteiger partial charge in [0.15, 0.2) is 6.29 Å². The highest BCUT2D eigenvalue weighted by Gasteiger charge is 2.51. The second kappa shape index (κ2) is 16.5. The summed E-state index contributed by atoms with van der Waals surface area (Å²) in [7, 11) is 0. The highest BCUT2D eigenvalue weighted by molar-refractivity contribution is 5.93. The molecule has 7 rings (SSSR count). The second-order valence-electron chi connectivity index (χ2n) is 14.6. The third-order valence-electron chi connectivity index (χ3n) is 11.1. The minimum atomic E-state index is -0.997. The molecular weight excluding hydrogens is 684 g/mol. The standard InChI is InChI=1S/C43H48N4O7/c1-29-37(26-46-22-20-43(21-23-46)42(52)45-28-47(43)36-8-3-2-4-9-36)53-41(54-40(29)33-12-10-30(27-48)11-13-33)34-16-14-32(15-17-34)35-7-5-6-31(24-35)25-44-38(49)18-19-39(50)51/h2-17,24,29,37,40-41,48H,18-23,25-28H2,1H3,(H,44,49)(H,45,52)(H,50,51)/t29-,37+,40+,41+/m0/s1. The highest BCUT2D eigenvalue weighted by atomic mass is 16.7. The molecule has 3 aliphatic rings. The van der Waals surface area contributed by atoms with Crippen LogP contribution in [0.15, 0.2) is 103 Å². The summed E-state index contributed by atoms with van der Waals surface area (Å²) in [6.45, 7) is 5.21. The Balaban J connectivity index is 1.06. The average molecular weight is 733 g/mol. The van der Waals surface area contributed by atoms with Crippen LogP contribution in [0.3, 0.4) is 0 Å². The number of aliphatic hydroxyl groups is 1. The number of nitrogens with zero attached hydrogens (tertiary/aromatic N) is 2. The van der Waals surface area contributed by atoms with Crippen LogP contribution in [0.1, 0.15) is 67.3 Å². The van der Waals surface area contributed by atoms with Crippen molar-refractivity contribution in [1.82, 2.24) is 15.5 Å². The number of anilines is 1. The summed E-state index contributed by atoms with van der Waals surface area (Å²) in [5.74, 6) is -1.17. The van der Waals surface area contributed by atoms with Crippen molar-refractivity contribution in [3.8, 4) is 11.1 Å². The van der Waals surface area contributed by atoms with E-state index in [1.807, 2.05) is 91.0 Å². The van der Waals surface area contributed by atoms with E-state index in [4.69, 9.17) is 14.6 Å². The maximum Gasteiger partial charge on any atom is 0.303 e. The number of ether oxygens (including phenoxy) is 2. The van der Waals surface area contributed by atoms with Gasteiger partial charge in [0.2, 0.25) is 11.8 Å². The fraction of sp³-hybridized carbons (Fsp3) is 0.372. The molecule has 4 aromatic rings. The lowest BCUT2D eigenvalue weighted by atomic mass is 9.84. The molecule has 3 fully saturated rings. The number of piperidine rings is 1. The number of rotatable bonds is 12. The lowest BCUT2D eigenvalue weighted by molar-refractivity contribution is -0.276. The molecule has 54 heavy (non-hydrogen) atoms. The maximum atomic E-state index is 13.3. The van der Waals surface area contributed by atoms with Gasteiger partial charge in [-0.25, -0.2) is 0 Å². The zero-order valence-corrected chi connectivity index (χ0v) is 30.5. The van der Waals surface area contributed by atoms with Crippen LogP contribution >= 0.6 is 0 Å². The predicted octanol–water partition coefficient (Wildman–Crippen LogP) is 5.55. The number of carbonyl (C=O) groups is 3. The van der Waals surface area contributed by atoms with Crippen LogP contribution in [0.4, 0.5) is 5.69 Å². The molecule has 4 aromatic carbocycles. The number of para-hydroxylation sites is 1. The zero-order chi connectivity index (χ0) is 37.7. The number of nitrogens with one attached hydrogen (secondary N) is 2. The first-order valence-corrected chi connectivity index (χ1v) is 18.7. The number of hydrogen-bond acceptors (Lipinski definition) is 8. The van der Waals surface area contributed by atoms with Crippen LogP contribution in [0.2, 0.25) is 0 Å². The molecule has 0 bridgehead atoms. The number of aliphatic hydroxyl groups excluding tert-OH is 1. The van der Waals surface area contributed by atoms with Crippen molar-refractivity contribution in [3.05, 3.63) is 125 Å². The van der Waals surface area contributed by atoms with E-state index in [1.165, 1.54) is 0 Å². The summed E-state index contributed by atoms with van der Waals surface area (Å²) in [5, 5.41) is 24.4. The van der Waals surface area contributed by atoms with Crippen molar-refractivity contribution in [1.29, 1.82) is 0 Å². The van der Waals surface area contributed by atoms with Crippen LogP contribution in [-0.2, 0) is 37.0 Å². The number of amides is 2.